The van der Waals surface area contributed by atoms with Crippen LogP contribution in [0.15, 0.2) is 42.5 Å². The Morgan fingerprint density at radius 3 is 2.50 bits per heavy atom. The molecule has 2 rings (SSSR count). The normalized spacial score (nSPS) is 12.8. The number of nitriles is 1. The number of aliphatic carboxylic acids is 1. The molecule has 8 heteroatoms. The Kier molecular flexibility index (Phi) is 6.31. The van der Waals surface area contributed by atoms with Crippen LogP contribution >= 0.6 is 0 Å². The van der Waals surface area contributed by atoms with E-state index in [4.69, 9.17) is 14.6 Å². The zero-order chi connectivity index (χ0) is 20.9. The van der Waals surface area contributed by atoms with Crippen molar-refractivity contribution in [2.75, 3.05) is 7.11 Å². The number of hydrogen-bond donors (Lipinski definition) is 1. The molecule has 1 N–H and O–H groups in total. The average molecular weight is 391 g/mol. The van der Waals surface area contributed by atoms with Crippen LogP contribution in [-0.4, -0.2) is 24.3 Å². The highest BCUT2D eigenvalue weighted by molar-refractivity contribution is 5.91. The SMILES string of the molecule is COc1cccc(/C=C(/C#N)c2cccc(C(F)(F)F)c2)c1O[C@H](C)C(=O)O. The van der Waals surface area contributed by atoms with Crippen molar-refractivity contribution in [2.24, 2.45) is 0 Å². The number of para-hydroxylation sites is 1. The summed E-state index contributed by atoms with van der Waals surface area (Å²) in [6, 6.07) is 10.9. The highest BCUT2D eigenvalue weighted by Gasteiger charge is 2.30. The van der Waals surface area contributed by atoms with Gasteiger partial charge in [0, 0.05) is 5.56 Å². The van der Waals surface area contributed by atoms with Crippen LogP contribution in [0.1, 0.15) is 23.6 Å². The molecule has 0 saturated carbocycles. The molecule has 0 radical (unpaired) electrons. The summed E-state index contributed by atoms with van der Waals surface area (Å²) in [5, 5.41) is 18.5. The van der Waals surface area contributed by atoms with E-state index in [0.29, 0.717) is 5.56 Å². The van der Waals surface area contributed by atoms with Crippen molar-refractivity contribution in [1.29, 1.82) is 5.26 Å². The maximum Gasteiger partial charge on any atom is 0.416 e. The fourth-order valence-electron chi connectivity index (χ4n) is 2.36. The summed E-state index contributed by atoms with van der Waals surface area (Å²) < 4.78 is 49.5. The van der Waals surface area contributed by atoms with Gasteiger partial charge in [-0.2, -0.15) is 18.4 Å². The number of ether oxygens (including phenoxy) is 2. The van der Waals surface area contributed by atoms with Crippen molar-refractivity contribution < 1.29 is 32.5 Å². The highest BCUT2D eigenvalue weighted by atomic mass is 19.4. The second kappa shape index (κ2) is 8.48. The van der Waals surface area contributed by atoms with E-state index in [1.165, 1.54) is 44.4 Å². The molecule has 0 bridgehead atoms. The van der Waals surface area contributed by atoms with E-state index in [1.54, 1.807) is 6.07 Å². The molecule has 0 aliphatic carbocycles. The third kappa shape index (κ3) is 4.82. The first-order valence-corrected chi connectivity index (χ1v) is 8.03. The first-order chi connectivity index (χ1) is 13.2. The number of hydrogen-bond acceptors (Lipinski definition) is 4. The van der Waals surface area contributed by atoms with Gasteiger partial charge in [0.1, 0.15) is 0 Å². The first kappa shape index (κ1) is 20.8. The molecule has 2 aromatic carbocycles. The fraction of sp³-hybridized carbons (Fsp3) is 0.200. The van der Waals surface area contributed by atoms with E-state index in [2.05, 4.69) is 0 Å². The lowest BCUT2D eigenvalue weighted by Gasteiger charge is -2.16. The van der Waals surface area contributed by atoms with Gasteiger partial charge < -0.3 is 14.6 Å². The molecule has 0 spiro atoms. The summed E-state index contributed by atoms with van der Waals surface area (Å²) in [5.74, 6) is -0.915. The van der Waals surface area contributed by atoms with Gasteiger partial charge in [0.05, 0.1) is 24.3 Å². The number of nitrogens with zero attached hydrogens (tertiary/aromatic N) is 1. The van der Waals surface area contributed by atoms with Crippen LogP contribution in [0.2, 0.25) is 0 Å². The van der Waals surface area contributed by atoms with Crippen molar-refractivity contribution in [1.82, 2.24) is 0 Å². The second-order valence-electron chi connectivity index (χ2n) is 5.73. The molecule has 0 aromatic heterocycles. The Hall–Kier alpha value is -3.47. The number of carboxylic acid groups (broad SMARTS) is 1. The maximum absolute atomic E-state index is 12.9. The van der Waals surface area contributed by atoms with Gasteiger partial charge in [-0.15, -0.1) is 0 Å². The van der Waals surface area contributed by atoms with Gasteiger partial charge in [0.2, 0.25) is 0 Å². The molecular weight excluding hydrogens is 375 g/mol. The van der Waals surface area contributed by atoms with Gasteiger partial charge in [-0.05, 0) is 36.8 Å². The van der Waals surface area contributed by atoms with Crippen molar-refractivity contribution in [3.63, 3.8) is 0 Å². The topological polar surface area (TPSA) is 79.5 Å². The molecule has 28 heavy (non-hydrogen) atoms. The predicted molar refractivity (Wildman–Crippen MR) is 95.6 cm³/mol. The van der Waals surface area contributed by atoms with Crippen LogP contribution in [0, 0.1) is 11.3 Å². The standard InChI is InChI=1S/C20H16F3NO4/c1-12(19(25)26)28-18-14(6-4-8-17(18)27-2)9-15(11-24)13-5-3-7-16(10-13)20(21,22)23/h3-10,12H,1-2H3,(H,25,26)/b15-9-/t12-/m1/s1. The monoisotopic (exact) mass is 391 g/mol. The minimum Gasteiger partial charge on any atom is -0.493 e. The molecule has 0 aliphatic rings. The number of rotatable bonds is 6. The van der Waals surface area contributed by atoms with E-state index < -0.39 is 23.8 Å². The molecular formula is C20H16F3NO4. The Balaban J connectivity index is 2.56. The summed E-state index contributed by atoms with van der Waals surface area (Å²) in [4.78, 5) is 11.1. The summed E-state index contributed by atoms with van der Waals surface area (Å²) in [7, 11) is 1.36. The lowest BCUT2D eigenvalue weighted by Crippen LogP contribution is -2.23. The Morgan fingerprint density at radius 1 is 1.25 bits per heavy atom. The molecule has 0 unspecified atom stereocenters. The van der Waals surface area contributed by atoms with Crippen LogP contribution in [0.4, 0.5) is 13.2 Å². The van der Waals surface area contributed by atoms with Gasteiger partial charge in [0.15, 0.2) is 17.6 Å². The molecule has 2 aromatic rings. The van der Waals surface area contributed by atoms with Crippen molar-refractivity contribution in [3.8, 4) is 17.6 Å². The van der Waals surface area contributed by atoms with E-state index in [9.17, 15) is 23.2 Å². The van der Waals surface area contributed by atoms with Gasteiger partial charge in [0.25, 0.3) is 0 Å². The number of benzene rings is 2. The minimum atomic E-state index is -4.54. The lowest BCUT2D eigenvalue weighted by molar-refractivity contribution is -0.144. The zero-order valence-electron chi connectivity index (χ0n) is 14.9. The summed E-state index contributed by atoms with van der Waals surface area (Å²) >= 11 is 0. The van der Waals surface area contributed by atoms with Gasteiger partial charge in [-0.3, -0.25) is 0 Å². The molecule has 5 nitrogen and oxygen atoms in total. The smallest absolute Gasteiger partial charge is 0.416 e. The van der Waals surface area contributed by atoms with Gasteiger partial charge in [-0.1, -0.05) is 24.3 Å². The second-order valence-corrected chi connectivity index (χ2v) is 5.73. The maximum atomic E-state index is 12.9. The van der Waals surface area contributed by atoms with Crippen LogP contribution in [0.25, 0.3) is 11.6 Å². The van der Waals surface area contributed by atoms with Crippen LogP contribution in [0.5, 0.6) is 11.5 Å². The van der Waals surface area contributed by atoms with Crippen molar-refractivity contribution >= 4 is 17.6 Å². The molecule has 1 atom stereocenters. The zero-order valence-corrected chi connectivity index (χ0v) is 14.9. The lowest BCUT2D eigenvalue weighted by atomic mass is 10.0. The van der Waals surface area contributed by atoms with Crippen molar-refractivity contribution in [2.45, 2.75) is 19.2 Å². The van der Waals surface area contributed by atoms with E-state index >= 15 is 0 Å². The molecule has 0 aliphatic heterocycles. The molecule has 0 heterocycles. The predicted octanol–water partition coefficient (Wildman–Crippen LogP) is 4.63. The average Bonchev–Trinajstić information content (AvgIpc) is 2.66. The Morgan fingerprint density at radius 2 is 1.93 bits per heavy atom. The quantitative estimate of drug-likeness (QED) is 0.574. The number of allylic oxidation sites excluding steroid dienone is 1. The fourth-order valence-corrected chi connectivity index (χ4v) is 2.36. The highest BCUT2D eigenvalue weighted by Crippen LogP contribution is 2.35. The number of methoxy groups -OCH3 is 1. The summed E-state index contributed by atoms with van der Waals surface area (Å²) in [5.41, 5.74) is -0.571. The van der Waals surface area contributed by atoms with Crippen LogP contribution in [0.3, 0.4) is 0 Å². The summed E-state index contributed by atoms with van der Waals surface area (Å²) in [6.07, 6.45) is -4.43. The molecule has 146 valence electrons. The van der Waals surface area contributed by atoms with E-state index in [1.807, 2.05) is 6.07 Å². The third-order valence-electron chi connectivity index (χ3n) is 3.79. The molecule has 0 saturated heterocycles. The first-order valence-electron chi connectivity index (χ1n) is 8.03. The van der Waals surface area contributed by atoms with E-state index in [0.717, 1.165) is 12.1 Å². The van der Waals surface area contributed by atoms with Crippen LogP contribution in [-0.2, 0) is 11.0 Å². The Labute approximate surface area is 159 Å². The van der Waals surface area contributed by atoms with E-state index in [-0.39, 0.29) is 22.6 Å². The summed E-state index contributed by atoms with van der Waals surface area (Å²) in [6.45, 7) is 1.32. The largest absolute Gasteiger partial charge is 0.493 e. The van der Waals surface area contributed by atoms with Gasteiger partial charge >= 0.3 is 12.1 Å². The Bertz CT molecular complexity index is 945. The van der Waals surface area contributed by atoms with Crippen molar-refractivity contribution in [3.05, 3.63) is 59.2 Å². The number of carboxylic acids is 1. The van der Waals surface area contributed by atoms with Gasteiger partial charge in [-0.25, -0.2) is 4.79 Å². The third-order valence-corrected chi connectivity index (χ3v) is 3.79. The van der Waals surface area contributed by atoms with Crippen LogP contribution < -0.4 is 9.47 Å². The number of alkyl halides is 3. The number of halogens is 3. The molecule has 0 fully saturated rings. The number of carbonyl (C=O) groups is 1. The minimum absolute atomic E-state index is 0.0489. The molecule has 0 amide bonds.